The summed E-state index contributed by atoms with van der Waals surface area (Å²) in [4.78, 5) is 27.5. The minimum absolute atomic E-state index is 0.0322. The molecule has 0 bridgehead atoms. The quantitative estimate of drug-likeness (QED) is 0.461. The number of esters is 1. The number of likely N-dealkylation sites (tertiary alicyclic amines) is 1. The Morgan fingerprint density at radius 2 is 1.73 bits per heavy atom. The van der Waals surface area contributed by atoms with Gasteiger partial charge >= 0.3 is 5.97 Å². The highest BCUT2D eigenvalue weighted by Gasteiger charge is 2.48. The monoisotopic (exact) mass is 588 g/mol. The largest absolute Gasteiger partial charge is 0.469 e. The summed E-state index contributed by atoms with van der Waals surface area (Å²) in [5, 5.41) is 0.292. The number of methoxy groups -OCH3 is 1. The Labute approximate surface area is 231 Å². The Morgan fingerprint density at radius 3 is 2.35 bits per heavy atom. The van der Waals surface area contributed by atoms with Crippen molar-refractivity contribution in [3.05, 3.63) is 57.0 Å². The topological polar surface area (TPSA) is 102 Å². The van der Waals surface area contributed by atoms with Gasteiger partial charge in [-0.05, 0) is 61.9 Å². The van der Waals surface area contributed by atoms with Gasteiger partial charge in [-0.25, -0.2) is 8.42 Å². The van der Waals surface area contributed by atoms with Crippen molar-refractivity contribution in [3.8, 4) is 0 Å². The number of benzene rings is 2. The van der Waals surface area contributed by atoms with Gasteiger partial charge in [0.15, 0.2) is 0 Å². The molecule has 2 saturated heterocycles. The summed E-state index contributed by atoms with van der Waals surface area (Å²) in [6.45, 7) is 1.78. The highest BCUT2D eigenvalue weighted by molar-refractivity contribution is 7.92. The number of nitrogens with one attached hydrogen (secondary N) is 1. The van der Waals surface area contributed by atoms with Crippen LogP contribution in [-0.4, -0.2) is 58.6 Å². The van der Waals surface area contributed by atoms with E-state index in [1.54, 1.807) is 23.1 Å². The first-order chi connectivity index (χ1) is 17.6. The molecule has 1 amide bonds. The van der Waals surface area contributed by atoms with Crippen LogP contribution >= 0.6 is 34.8 Å². The summed E-state index contributed by atoms with van der Waals surface area (Å²) in [6, 6.07) is 8.67. The van der Waals surface area contributed by atoms with Crippen molar-refractivity contribution in [3.63, 3.8) is 0 Å². The predicted octanol–water partition coefficient (Wildman–Crippen LogP) is 5.27. The Balaban J connectivity index is 1.53. The van der Waals surface area contributed by atoms with Crippen molar-refractivity contribution >= 4 is 62.4 Å². The molecule has 37 heavy (non-hydrogen) atoms. The zero-order valence-corrected chi connectivity index (χ0v) is 23.2. The number of rotatable bonds is 6. The normalized spacial score (nSPS) is 18.3. The average Bonchev–Trinajstić information content (AvgIpc) is 2.88. The minimum atomic E-state index is -4.14. The lowest BCUT2D eigenvalue weighted by atomic mass is 9.66. The van der Waals surface area contributed by atoms with Gasteiger partial charge in [-0.2, -0.15) is 0 Å². The fourth-order valence-corrected chi connectivity index (χ4v) is 7.28. The molecule has 0 unspecified atom stereocenters. The van der Waals surface area contributed by atoms with E-state index in [0.29, 0.717) is 57.0 Å². The molecule has 2 aliphatic heterocycles. The summed E-state index contributed by atoms with van der Waals surface area (Å²) in [5.41, 5.74) is -0.335. The minimum Gasteiger partial charge on any atom is -0.469 e. The fraction of sp³-hybridized carbons (Fsp3) is 0.440. The molecule has 1 N–H and O–H groups in total. The third-order valence-electron chi connectivity index (χ3n) is 7.16. The summed E-state index contributed by atoms with van der Waals surface area (Å²) in [7, 11) is -2.74. The number of hydrogen-bond donors (Lipinski definition) is 1. The van der Waals surface area contributed by atoms with E-state index >= 15 is 0 Å². The van der Waals surface area contributed by atoms with Crippen LogP contribution in [0.2, 0.25) is 15.1 Å². The molecule has 2 fully saturated rings. The van der Waals surface area contributed by atoms with Crippen LogP contribution in [-0.2, 0) is 24.3 Å². The third-order valence-corrected chi connectivity index (χ3v) is 9.55. The second-order valence-electron chi connectivity index (χ2n) is 9.20. The highest BCUT2D eigenvalue weighted by Crippen LogP contribution is 2.44. The first kappa shape index (κ1) is 28.0. The number of amides is 1. The van der Waals surface area contributed by atoms with E-state index in [-0.39, 0.29) is 38.1 Å². The number of carbonyl (C=O) groups excluding carboxylic acids is 2. The van der Waals surface area contributed by atoms with Crippen LogP contribution in [0.1, 0.15) is 36.0 Å². The lowest BCUT2D eigenvalue weighted by Gasteiger charge is -2.44. The molecule has 12 heteroatoms. The first-order valence-electron chi connectivity index (χ1n) is 11.8. The van der Waals surface area contributed by atoms with E-state index in [1.165, 1.54) is 25.3 Å². The number of nitrogens with zero attached hydrogens (tertiary/aromatic N) is 1. The Hall–Kier alpha value is -2.04. The second kappa shape index (κ2) is 11.4. The van der Waals surface area contributed by atoms with E-state index in [1.807, 2.05) is 0 Å². The Morgan fingerprint density at radius 1 is 1.05 bits per heavy atom. The Bertz CT molecular complexity index is 1290. The van der Waals surface area contributed by atoms with E-state index in [4.69, 9.17) is 44.3 Å². The number of sulfonamides is 1. The van der Waals surface area contributed by atoms with E-state index in [9.17, 15) is 18.0 Å². The zero-order chi connectivity index (χ0) is 26.8. The smallest absolute Gasteiger partial charge is 0.312 e. The molecule has 2 aromatic carbocycles. The number of anilines is 1. The fourth-order valence-electron chi connectivity index (χ4n) is 5.18. The van der Waals surface area contributed by atoms with Gasteiger partial charge in [0.05, 0.1) is 33.8 Å². The number of hydrogen-bond acceptors (Lipinski definition) is 6. The molecule has 8 nitrogen and oxygen atoms in total. The molecule has 2 heterocycles. The van der Waals surface area contributed by atoms with E-state index in [2.05, 4.69) is 4.72 Å². The molecule has 0 aliphatic carbocycles. The summed E-state index contributed by atoms with van der Waals surface area (Å²) in [5.74, 6) is -0.590. The molecule has 2 aromatic rings. The van der Waals surface area contributed by atoms with Gasteiger partial charge in [-0.3, -0.25) is 14.3 Å². The van der Waals surface area contributed by atoms with Gasteiger partial charge in [0.2, 0.25) is 0 Å². The molecular formula is C25H27Cl3N2O6S. The SMILES string of the molecule is COC(=O)C1(C2CCN(C(=O)c3cc(S(=O)(=O)Nc4cccc(Cl)c4)c(Cl)cc3Cl)CC2)CCOCC1. The maximum atomic E-state index is 13.4. The molecule has 0 atom stereocenters. The lowest BCUT2D eigenvalue weighted by molar-refractivity contribution is -0.165. The number of ether oxygens (including phenoxy) is 2. The molecule has 0 spiro atoms. The number of piperidine rings is 1. The summed E-state index contributed by atoms with van der Waals surface area (Å²) in [6.07, 6.45) is 2.38. The van der Waals surface area contributed by atoms with E-state index < -0.39 is 21.3 Å². The molecule has 4 rings (SSSR count). The van der Waals surface area contributed by atoms with Crippen LogP contribution in [0.15, 0.2) is 41.3 Å². The maximum Gasteiger partial charge on any atom is 0.312 e. The molecule has 0 saturated carbocycles. The average molecular weight is 590 g/mol. The molecule has 2 aliphatic rings. The summed E-state index contributed by atoms with van der Waals surface area (Å²) < 4.78 is 39.2. The zero-order valence-electron chi connectivity index (χ0n) is 20.1. The van der Waals surface area contributed by atoms with Crippen LogP contribution < -0.4 is 4.72 Å². The van der Waals surface area contributed by atoms with Crippen LogP contribution in [0.25, 0.3) is 0 Å². The van der Waals surface area contributed by atoms with Gasteiger partial charge in [-0.1, -0.05) is 40.9 Å². The first-order valence-corrected chi connectivity index (χ1v) is 14.4. The summed E-state index contributed by atoms with van der Waals surface area (Å²) >= 11 is 18.5. The van der Waals surface area contributed by atoms with Gasteiger partial charge < -0.3 is 14.4 Å². The van der Waals surface area contributed by atoms with Crippen LogP contribution in [0.4, 0.5) is 5.69 Å². The second-order valence-corrected chi connectivity index (χ2v) is 12.1. The predicted molar refractivity (Wildman–Crippen MR) is 142 cm³/mol. The molecule has 200 valence electrons. The van der Waals surface area contributed by atoms with Crippen molar-refractivity contribution < 1.29 is 27.5 Å². The van der Waals surface area contributed by atoms with E-state index in [0.717, 1.165) is 0 Å². The van der Waals surface area contributed by atoms with Gasteiger partial charge in [0.25, 0.3) is 15.9 Å². The lowest BCUT2D eigenvalue weighted by Crippen LogP contribution is -2.49. The highest BCUT2D eigenvalue weighted by atomic mass is 35.5. The molecule has 0 radical (unpaired) electrons. The van der Waals surface area contributed by atoms with Crippen molar-refractivity contribution in [1.29, 1.82) is 0 Å². The van der Waals surface area contributed by atoms with Crippen LogP contribution in [0, 0.1) is 11.3 Å². The van der Waals surface area contributed by atoms with Crippen molar-refractivity contribution in [1.82, 2.24) is 4.90 Å². The van der Waals surface area contributed by atoms with Crippen LogP contribution in [0.3, 0.4) is 0 Å². The number of halogens is 3. The Kier molecular flexibility index (Phi) is 8.60. The maximum absolute atomic E-state index is 13.4. The van der Waals surface area contributed by atoms with Crippen molar-refractivity contribution in [2.24, 2.45) is 11.3 Å². The number of carbonyl (C=O) groups is 2. The van der Waals surface area contributed by atoms with Gasteiger partial charge in [-0.15, -0.1) is 0 Å². The van der Waals surface area contributed by atoms with Crippen LogP contribution in [0.5, 0.6) is 0 Å². The van der Waals surface area contributed by atoms with Gasteiger partial charge in [0.1, 0.15) is 4.90 Å². The standard InChI is InChI=1S/C25H27Cl3N2O6S/c1-35-24(32)25(7-11-36-12-8-25)16-5-9-30(10-6-16)23(31)19-14-22(21(28)15-20(19)27)37(33,34)29-18-4-2-3-17(26)13-18/h2-4,13-16,29H,5-12H2,1H3. The molecule has 0 aromatic heterocycles. The molecular weight excluding hydrogens is 563 g/mol. The third kappa shape index (κ3) is 5.86. The van der Waals surface area contributed by atoms with Gasteiger partial charge in [0, 0.05) is 31.3 Å². The van der Waals surface area contributed by atoms with Crippen molar-refractivity contribution in [2.45, 2.75) is 30.6 Å². The van der Waals surface area contributed by atoms with Crippen molar-refractivity contribution in [2.75, 3.05) is 38.1 Å².